The molecule has 1 saturated heterocycles. The first-order valence-electron chi connectivity index (χ1n) is 6.93. The minimum absolute atomic E-state index is 0.174. The van der Waals surface area contributed by atoms with Crippen LogP contribution in [0.15, 0.2) is 24.3 Å². The fraction of sp³-hybridized carbons (Fsp3) is 0.467. The van der Waals surface area contributed by atoms with Gasteiger partial charge >= 0.3 is 0 Å². The number of thiocarbonyl (C=S) groups is 1. The van der Waals surface area contributed by atoms with Gasteiger partial charge in [0.25, 0.3) is 0 Å². The minimum Gasteiger partial charge on any atom is -0.389 e. The van der Waals surface area contributed by atoms with Gasteiger partial charge < -0.3 is 10.6 Å². The van der Waals surface area contributed by atoms with E-state index < -0.39 is 0 Å². The van der Waals surface area contributed by atoms with E-state index in [9.17, 15) is 4.79 Å². The summed E-state index contributed by atoms with van der Waals surface area (Å²) in [5, 5.41) is 0. The predicted octanol–water partition coefficient (Wildman–Crippen LogP) is 1.38. The summed E-state index contributed by atoms with van der Waals surface area (Å²) in [6.45, 7) is 6.19. The third-order valence-electron chi connectivity index (χ3n) is 3.68. The molecular weight excluding hydrogens is 270 g/mol. The van der Waals surface area contributed by atoms with Gasteiger partial charge in [0.1, 0.15) is 4.99 Å². The summed E-state index contributed by atoms with van der Waals surface area (Å²) in [5.74, 6) is 0.174. The topological polar surface area (TPSA) is 49.6 Å². The fourth-order valence-corrected chi connectivity index (χ4v) is 2.61. The first kappa shape index (κ1) is 14.9. The molecule has 1 heterocycles. The Bertz CT molecular complexity index is 486. The highest BCUT2D eigenvalue weighted by molar-refractivity contribution is 7.80. The Morgan fingerprint density at radius 2 is 1.90 bits per heavy atom. The van der Waals surface area contributed by atoms with Gasteiger partial charge in [0.2, 0.25) is 5.91 Å². The number of amides is 1. The lowest BCUT2D eigenvalue weighted by atomic mass is 10.1. The van der Waals surface area contributed by atoms with Crippen LogP contribution in [0, 0.1) is 0 Å². The number of benzene rings is 1. The quantitative estimate of drug-likeness (QED) is 0.855. The second-order valence-electron chi connectivity index (χ2n) is 5.20. The summed E-state index contributed by atoms with van der Waals surface area (Å²) in [6.07, 6.45) is 1.03. The van der Waals surface area contributed by atoms with Crippen LogP contribution in [0.4, 0.5) is 0 Å². The van der Waals surface area contributed by atoms with Gasteiger partial charge in [-0.2, -0.15) is 0 Å². The van der Waals surface area contributed by atoms with E-state index in [0.717, 1.165) is 44.7 Å². The molecule has 0 bridgehead atoms. The maximum atomic E-state index is 11.4. The summed E-state index contributed by atoms with van der Waals surface area (Å²) in [4.78, 5) is 16.1. The van der Waals surface area contributed by atoms with Crippen molar-refractivity contribution >= 4 is 23.1 Å². The molecule has 0 atom stereocenters. The third kappa shape index (κ3) is 4.02. The Labute approximate surface area is 125 Å². The number of carbonyl (C=O) groups excluding carboxylic acids is 1. The van der Waals surface area contributed by atoms with Gasteiger partial charge in [-0.25, -0.2) is 0 Å². The van der Waals surface area contributed by atoms with Gasteiger partial charge in [-0.05, 0) is 12.0 Å². The molecular formula is C15H21N3OS. The van der Waals surface area contributed by atoms with Gasteiger partial charge in [0.15, 0.2) is 0 Å². The lowest BCUT2D eigenvalue weighted by Gasteiger charge is -2.21. The van der Waals surface area contributed by atoms with Crippen LogP contribution in [0.25, 0.3) is 0 Å². The molecule has 1 fully saturated rings. The molecule has 108 valence electrons. The zero-order valence-electron chi connectivity index (χ0n) is 11.8. The van der Waals surface area contributed by atoms with Gasteiger partial charge in [0, 0.05) is 45.2 Å². The SMILES string of the molecule is CC(=O)N1CCCN(Cc2ccc(C(N)=S)cc2)CC1. The van der Waals surface area contributed by atoms with Crippen LogP contribution in [0.2, 0.25) is 0 Å². The Morgan fingerprint density at radius 3 is 2.50 bits per heavy atom. The fourth-order valence-electron chi connectivity index (χ4n) is 2.48. The van der Waals surface area contributed by atoms with Crippen molar-refractivity contribution in [1.82, 2.24) is 9.80 Å². The first-order valence-corrected chi connectivity index (χ1v) is 7.33. The molecule has 0 radical (unpaired) electrons. The largest absolute Gasteiger partial charge is 0.389 e. The third-order valence-corrected chi connectivity index (χ3v) is 3.91. The minimum atomic E-state index is 0.174. The molecule has 1 amide bonds. The summed E-state index contributed by atoms with van der Waals surface area (Å²) in [5.41, 5.74) is 7.75. The van der Waals surface area contributed by atoms with Gasteiger partial charge in [0.05, 0.1) is 0 Å². The Kier molecular flexibility index (Phi) is 5.09. The van der Waals surface area contributed by atoms with Gasteiger partial charge in [-0.15, -0.1) is 0 Å². The summed E-state index contributed by atoms with van der Waals surface area (Å²) in [7, 11) is 0. The molecule has 1 aliphatic rings. The molecule has 0 unspecified atom stereocenters. The number of carbonyl (C=O) groups is 1. The Morgan fingerprint density at radius 1 is 1.20 bits per heavy atom. The molecule has 5 heteroatoms. The number of hydrogen-bond acceptors (Lipinski definition) is 3. The van der Waals surface area contributed by atoms with Crippen molar-refractivity contribution in [1.29, 1.82) is 0 Å². The number of nitrogens with zero attached hydrogens (tertiary/aromatic N) is 2. The molecule has 0 aliphatic carbocycles. The molecule has 1 aliphatic heterocycles. The van der Waals surface area contributed by atoms with E-state index in [1.165, 1.54) is 5.56 Å². The maximum Gasteiger partial charge on any atom is 0.219 e. The lowest BCUT2D eigenvalue weighted by molar-refractivity contribution is -0.128. The first-order chi connectivity index (χ1) is 9.56. The van der Waals surface area contributed by atoms with E-state index >= 15 is 0 Å². The van der Waals surface area contributed by atoms with Crippen molar-refractivity contribution < 1.29 is 4.79 Å². The van der Waals surface area contributed by atoms with Crippen molar-refractivity contribution in [2.75, 3.05) is 26.2 Å². The van der Waals surface area contributed by atoms with E-state index in [2.05, 4.69) is 17.0 Å². The van der Waals surface area contributed by atoms with Crippen LogP contribution in [-0.4, -0.2) is 46.9 Å². The number of hydrogen-bond donors (Lipinski definition) is 1. The van der Waals surface area contributed by atoms with Crippen LogP contribution in [-0.2, 0) is 11.3 Å². The number of nitrogens with two attached hydrogens (primary N) is 1. The van der Waals surface area contributed by atoms with Gasteiger partial charge in [-0.3, -0.25) is 9.69 Å². The van der Waals surface area contributed by atoms with Crippen molar-refractivity contribution in [3.05, 3.63) is 35.4 Å². The zero-order chi connectivity index (χ0) is 14.5. The highest BCUT2D eigenvalue weighted by atomic mass is 32.1. The van der Waals surface area contributed by atoms with Crippen LogP contribution < -0.4 is 5.73 Å². The highest BCUT2D eigenvalue weighted by Crippen LogP contribution is 2.10. The average Bonchev–Trinajstić information content (AvgIpc) is 2.65. The molecule has 0 spiro atoms. The highest BCUT2D eigenvalue weighted by Gasteiger charge is 2.16. The van der Waals surface area contributed by atoms with Crippen molar-refractivity contribution in [3.63, 3.8) is 0 Å². The zero-order valence-corrected chi connectivity index (χ0v) is 12.7. The summed E-state index contributed by atoms with van der Waals surface area (Å²) in [6, 6.07) is 8.08. The Hall–Kier alpha value is -1.46. The smallest absolute Gasteiger partial charge is 0.219 e. The normalized spacial score (nSPS) is 16.8. The molecule has 1 aromatic rings. The van der Waals surface area contributed by atoms with Crippen molar-refractivity contribution in [2.45, 2.75) is 19.9 Å². The monoisotopic (exact) mass is 291 g/mol. The number of rotatable bonds is 3. The standard InChI is InChI=1S/C15H21N3OS/c1-12(19)18-8-2-7-17(9-10-18)11-13-3-5-14(6-4-13)15(16)20/h3-6H,2,7-11H2,1H3,(H2,16,20). The second kappa shape index (κ2) is 6.81. The molecule has 2 rings (SSSR count). The van der Waals surface area contributed by atoms with E-state index in [1.807, 2.05) is 17.0 Å². The predicted molar refractivity (Wildman–Crippen MR) is 84.5 cm³/mol. The van der Waals surface area contributed by atoms with Crippen LogP contribution in [0.5, 0.6) is 0 Å². The molecule has 0 saturated carbocycles. The summed E-state index contributed by atoms with van der Waals surface area (Å²) < 4.78 is 0. The second-order valence-corrected chi connectivity index (χ2v) is 5.64. The van der Waals surface area contributed by atoms with Crippen molar-refractivity contribution in [2.24, 2.45) is 5.73 Å². The molecule has 2 N–H and O–H groups in total. The average molecular weight is 291 g/mol. The van der Waals surface area contributed by atoms with E-state index in [0.29, 0.717) is 4.99 Å². The van der Waals surface area contributed by atoms with Crippen LogP contribution in [0.3, 0.4) is 0 Å². The summed E-state index contributed by atoms with van der Waals surface area (Å²) >= 11 is 4.95. The van der Waals surface area contributed by atoms with Crippen LogP contribution >= 0.6 is 12.2 Å². The molecule has 4 nitrogen and oxygen atoms in total. The molecule has 20 heavy (non-hydrogen) atoms. The van der Waals surface area contributed by atoms with Gasteiger partial charge in [-0.1, -0.05) is 36.5 Å². The van der Waals surface area contributed by atoms with Crippen LogP contribution in [0.1, 0.15) is 24.5 Å². The molecule has 0 aromatic heterocycles. The lowest BCUT2D eigenvalue weighted by Crippen LogP contribution is -2.33. The Balaban J connectivity index is 1.93. The van der Waals surface area contributed by atoms with E-state index in [4.69, 9.17) is 18.0 Å². The van der Waals surface area contributed by atoms with Crippen molar-refractivity contribution in [3.8, 4) is 0 Å². The van der Waals surface area contributed by atoms with E-state index in [1.54, 1.807) is 6.92 Å². The van der Waals surface area contributed by atoms with E-state index in [-0.39, 0.29) is 5.91 Å². The maximum absolute atomic E-state index is 11.4. The molecule has 1 aromatic carbocycles.